The highest BCUT2D eigenvalue weighted by Gasteiger charge is 2.14. The van der Waals surface area contributed by atoms with Gasteiger partial charge in [-0.2, -0.15) is 16.9 Å². The van der Waals surface area contributed by atoms with Crippen LogP contribution >= 0.6 is 11.8 Å². The van der Waals surface area contributed by atoms with Crippen LogP contribution in [-0.4, -0.2) is 27.8 Å². The van der Waals surface area contributed by atoms with Crippen molar-refractivity contribution in [1.29, 1.82) is 0 Å². The van der Waals surface area contributed by atoms with Gasteiger partial charge in [0.2, 0.25) is 0 Å². The van der Waals surface area contributed by atoms with Gasteiger partial charge in [-0.25, -0.2) is 0 Å². The van der Waals surface area contributed by atoms with E-state index in [-0.39, 0.29) is 0 Å². The standard InChI is InChI=1S/C17H33N3S/c1-6-16-15(13-18-12-14(4)5)17(7-2)20(19-16)10-9-11-21-8-3/h14,18H,6-13H2,1-5H3. The van der Waals surface area contributed by atoms with E-state index >= 15 is 0 Å². The molecule has 0 unspecified atom stereocenters. The maximum atomic E-state index is 4.86. The van der Waals surface area contributed by atoms with Gasteiger partial charge in [-0.15, -0.1) is 0 Å². The molecule has 3 nitrogen and oxygen atoms in total. The SMILES string of the molecule is CCSCCCn1nc(CC)c(CNCC(C)C)c1CC. The normalized spacial score (nSPS) is 11.5. The molecule has 4 heteroatoms. The van der Waals surface area contributed by atoms with Gasteiger partial charge < -0.3 is 5.32 Å². The van der Waals surface area contributed by atoms with Gasteiger partial charge in [0.25, 0.3) is 0 Å². The van der Waals surface area contributed by atoms with Crippen LogP contribution in [0.4, 0.5) is 0 Å². The molecule has 0 amide bonds. The lowest BCUT2D eigenvalue weighted by molar-refractivity contribution is 0.546. The van der Waals surface area contributed by atoms with Crippen molar-refractivity contribution in [2.75, 3.05) is 18.1 Å². The molecule has 0 aliphatic carbocycles. The molecule has 1 aromatic heterocycles. The second-order valence-corrected chi connectivity index (χ2v) is 7.27. The molecule has 0 bridgehead atoms. The average molecular weight is 312 g/mol. The van der Waals surface area contributed by atoms with Gasteiger partial charge in [0, 0.05) is 24.3 Å². The summed E-state index contributed by atoms with van der Waals surface area (Å²) in [4.78, 5) is 0. The monoisotopic (exact) mass is 311 g/mol. The van der Waals surface area contributed by atoms with Crippen molar-refractivity contribution in [2.24, 2.45) is 5.92 Å². The number of rotatable bonds is 11. The fourth-order valence-electron chi connectivity index (χ4n) is 2.60. The van der Waals surface area contributed by atoms with Gasteiger partial charge in [-0.1, -0.05) is 34.6 Å². The molecule has 0 atom stereocenters. The fraction of sp³-hybridized carbons (Fsp3) is 0.824. The summed E-state index contributed by atoms with van der Waals surface area (Å²) in [6.07, 6.45) is 3.32. The number of thioether (sulfide) groups is 1. The molecular formula is C17H33N3S. The summed E-state index contributed by atoms with van der Waals surface area (Å²) in [7, 11) is 0. The van der Waals surface area contributed by atoms with E-state index in [0.29, 0.717) is 5.92 Å². The van der Waals surface area contributed by atoms with Gasteiger partial charge in [-0.3, -0.25) is 4.68 Å². The Morgan fingerprint density at radius 2 is 1.95 bits per heavy atom. The molecular weight excluding hydrogens is 278 g/mol. The first-order chi connectivity index (χ1) is 10.1. The first-order valence-electron chi connectivity index (χ1n) is 8.49. The lowest BCUT2D eigenvalue weighted by Gasteiger charge is -2.10. The number of nitrogens with one attached hydrogen (secondary N) is 1. The summed E-state index contributed by atoms with van der Waals surface area (Å²) in [6, 6.07) is 0. The van der Waals surface area contributed by atoms with Gasteiger partial charge >= 0.3 is 0 Å². The van der Waals surface area contributed by atoms with E-state index in [1.54, 1.807) is 0 Å². The van der Waals surface area contributed by atoms with Crippen LogP contribution in [0.25, 0.3) is 0 Å². The third kappa shape index (κ3) is 6.03. The molecule has 0 spiro atoms. The third-order valence-electron chi connectivity index (χ3n) is 3.64. The van der Waals surface area contributed by atoms with Crippen LogP contribution < -0.4 is 5.32 Å². The zero-order chi connectivity index (χ0) is 15.7. The average Bonchev–Trinajstić information content (AvgIpc) is 2.80. The predicted octanol–water partition coefficient (Wildman–Crippen LogP) is 3.90. The molecule has 1 aromatic rings. The van der Waals surface area contributed by atoms with Gasteiger partial charge in [0.15, 0.2) is 0 Å². The van der Waals surface area contributed by atoms with Crippen molar-refractivity contribution in [2.45, 2.75) is 67.0 Å². The topological polar surface area (TPSA) is 29.9 Å². The second-order valence-electron chi connectivity index (χ2n) is 5.88. The number of aromatic nitrogens is 2. The molecule has 0 saturated heterocycles. The molecule has 122 valence electrons. The molecule has 0 aliphatic rings. The third-order valence-corrected chi connectivity index (χ3v) is 4.62. The Hall–Kier alpha value is -0.480. The summed E-state index contributed by atoms with van der Waals surface area (Å²) in [5.74, 6) is 3.15. The molecule has 1 N–H and O–H groups in total. The van der Waals surface area contributed by atoms with E-state index in [1.165, 1.54) is 34.9 Å². The molecule has 0 fully saturated rings. The molecule has 0 aromatic carbocycles. The van der Waals surface area contributed by atoms with Crippen LogP contribution in [0.3, 0.4) is 0 Å². The van der Waals surface area contributed by atoms with E-state index in [4.69, 9.17) is 5.10 Å². The Balaban J connectivity index is 2.72. The number of hydrogen-bond donors (Lipinski definition) is 1. The Kier molecular flexibility index (Phi) is 9.09. The molecule has 1 heterocycles. The lowest BCUT2D eigenvalue weighted by Crippen LogP contribution is -2.20. The maximum absolute atomic E-state index is 4.86. The largest absolute Gasteiger partial charge is 0.312 e. The lowest BCUT2D eigenvalue weighted by atomic mass is 10.1. The van der Waals surface area contributed by atoms with Crippen LogP contribution in [0.2, 0.25) is 0 Å². The van der Waals surface area contributed by atoms with Crippen molar-refractivity contribution in [3.05, 3.63) is 17.0 Å². The van der Waals surface area contributed by atoms with Crippen LogP contribution in [0, 0.1) is 5.92 Å². The zero-order valence-corrected chi connectivity index (χ0v) is 15.4. The van der Waals surface area contributed by atoms with E-state index in [0.717, 1.165) is 32.5 Å². The Morgan fingerprint density at radius 1 is 1.19 bits per heavy atom. The summed E-state index contributed by atoms with van der Waals surface area (Å²) in [6.45, 7) is 14.3. The Morgan fingerprint density at radius 3 is 2.52 bits per heavy atom. The van der Waals surface area contributed by atoms with Gasteiger partial charge in [0.1, 0.15) is 0 Å². The highest BCUT2D eigenvalue weighted by molar-refractivity contribution is 7.99. The minimum atomic E-state index is 0.696. The van der Waals surface area contributed by atoms with Crippen molar-refractivity contribution in [3.63, 3.8) is 0 Å². The quantitative estimate of drug-likeness (QED) is 0.629. The maximum Gasteiger partial charge on any atom is 0.0669 e. The number of aryl methyl sites for hydroxylation is 2. The summed E-state index contributed by atoms with van der Waals surface area (Å²) in [5, 5.41) is 8.45. The van der Waals surface area contributed by atoms with Crippen molar-refractivity contribution >= 4 is 11.8 Å². The number of hydrogen-bond acceptors (Lipinski definition) is 3. The van der Waals surface area contributed by atoms with E-state index in [2.05, 4.69) is 44.6 Å². The van der Waals surface area contributed by atoms with Crippen molar-refractivity contribution < 1.29 is 0 Å². The van der Waals surface area contributed by atoms with Crippen molar-refractivity contribution in [1.82, 2.24) is 15.1 Å². The molecule has 1 rings (SSSR count). The second kappa shape index (κ2) is 10.3. The predicted molar refractivity (Wildman–Crippen MR) is 95.1 cm³/mol. The fourth-order valence-corrected chi connectivity index (χ4v) is 3.23. The molecule has 0 saturated carbocycles. The summed E-state index contributed by atoms with van der Waals surface area (Å²) >= 11 is 2.02. The minimum absolute atomic E-state index is 0.696. The first kappa shape index (κ1) is 18.6. The van der Waals surface area contributed by atoms with E-state index < -0.39 is 0 Å². The van der Waals surface area contributed by atoms with Crippen LogP contribution in [0.15, 0.2) is 0 Å². The van der Waals surface area contributed by atoms with Crippen LogP contribution in [0.5, 0.6) is 0 Å². The highest BCUT2D eigenvalue weighted by atomic mass is 32.2. The highest BCUT2D eigenvalue weighted by Crippen LogP contribution is 2.17. The number of nitrogens with zero attached hydrogens (tertiary/aromatic N) is 2. The van der Waals surface area contributed by atoms with Crippen molar-refractivity contribution in [3.8, 4) is 0 Å². The first-order valence-corrected chi connectivity index (χ1v) is 9.65. The van der Waals surface area contributed by atoms with Gasteiger partial charge in [-0.05, 0) is 43.2 Å². The van der Waals surface area contributed by atoms with Gasteiger partial charge in [0.05, 0.1) is 5.69 Å². The molecule has 0 radical (unpaired) electrons. The van der Waals surface area contributed by atoms with E-state index in [9.17, 15) is 0 Å². The molecule has 21 heavy (non-hydrogen) atoms. The van der Waals surface area contributed by atoms with Crippen LogP contribution in [-0.2, 0) is 25.9 Å². The van der Waals surface area contributed by atoms with Crippen LogP contribution in [0.1, 0.15) is 58.0 Å². The summed E-state index contributed by atoms with van der Waals surface area (Å²) < 4.78 is 2.27. The minimum Gasteiger partial charge on any atom is -0.312 e. The Bertz CT molecular complexity index is 399. The summed E-state index contributed by atoms with van der Waals surface area (Å²) in [5.41, 5.74) is 4.17. The smallest absolute Gasteiger partial charge is 0.0669 e. The molecule has 0 aliphatic heterocycles. The zero-order valence-electron chi connectivity index (χ0n) is 14.5. The van der Waals surface area contributed by atoms with E-state index in [1.807, 2.05) is 11.8 Å². The Labute approximate surface area is 135 Å².